The van der Waals surface area contributed by atoms with E-state index in [2.05, 4.69) is 0 Å². The zero-order valence-electron chi connectivity index (χ0n) is 11.2. The molecule has 1 aromatic rings. The van der Waals surface area contributed by atoms with E-state index in [1.165, 1.54) is 0 Å². The summed E-state index contributed by atoms with van der Waals surface area (Å²) in [4.78, 5) is 10.9. The molecule has 0 saturated heterocycles. The minimum atomic E-state index is -0.913. The first kappa shape index (κ1) is 14.5. The van der Waals surface area contributed by atoms with Crippen molar-refractivity contribution in [3.05, 3.63) is 28.8 Å². The zero-order valence-corrected chi connectivity index (χ0v) is 11.2. The summed E-state index contributed by atoms with van der Waals surface area (Å²) in [6.07, 6.45) is 0.827. The highest BCUT2D eigenvalue weighted by Gasteiger charge is 2.10. The van der Waals surface area contributed by atoms with Crippen LogP contribution in [0.1, 0.15) is 34.8 Å². The Morgan fingerprint density at radius 1 is 1.22 bits per heavy atom. The third-order valence-corrected chi connectivity index (χ3v) is 2.59. The van der Waals surface area contributed by atoms with Gasteiger partial charge in [-0.05, 0) is 44.0 Å². The standard InChI is InChI=1S/C14H20O4/c1-4-17-6-5-7-18-13-10(2)8-12(14(15)16)9-11(13)3/h8-9H,4-7H2,1-3H3,(H,15,16). The van der Waals surface area contributed by atoms with Gasteiger partial charge in [0.05, 0.1) is 12.2 Å². The van der Waals surface area contributed by atoms with Gasteiger partial charge in [0.15, 0.2) is 0 Å². The molecular weight excluding hydrogens is 232 g/mol. The van der Waals surface area contributed by atoms with Crippen LogP contribution in [0.15, 0.2) is 12.1 Å². The molecule has 0 aliphatic carbocycles. The van der Waals surface area contributed by atoms with Crippen LogP contribution in [0.25, 0.3) is 0 Å². The zero-order chi connectivity index (χ0) is 13.5. The van der Waals surface area contributed by atoms with E-state index in [4.69, 9.17) is 14.6 Å². The Kier molecular flexibility index (Phi) is 5.65. The Balaban J connectivity index is 2.63. The first-order valence-corrected chi connectivity index (χ1v) is 6.11. The number of hydrogen-bond acceptors (Lipinski definition) is 3. The highest BCUT2D eigenvalue weighted by atomic mass is 16.5. The molecule has 0 saturated carbocycles. The molecule has 0 amide bonds. The second-order valence-corrected chi connectivity index (χ2v) is 4.14. The molecule has 0 fully saturated rings. The van der Waals surface area contributed by atoms with Crippen molar-refractivity contribution in [1.82, 2.24) is 0 Å². The maximum absolute atomic E-state index is 10.9. The van der Waals surface area contributed by atoms with Crippen molar-refractivity contribution >= 4 is 5.97 Å². The molecule has 0 aliphatic heterocycles. The molecule has 1 rings (SSSR count). The summed E-state index contributed by atoms with van der Waals surface area (Å²) in [7, 11) is 0. The molecular formula is C14H20O4. The molecule has 0 unspecified atom stereocenters. The van der Waals surface area contributed by atoms with Crippen LogP contribution in [0.3, 0.4) is 0 Å². The van der Waals surface area contributed by atoms with Crippen LogP contribution in [0, 0.1) is 13.8 Å². The molecule has 0 aliphatic rings. The largest absolute Gasteiger partial charge is 0.493 e. The fourth-order valence-corrected chi connectivity index (χ4v) is 1.78. The normalized spacial score (nSPS) is 10.4. The Hall–Kier alpha value is -1.55. The molecule has 0 aromatic heterocycles. The van der Waals surface area contributed by atoms with E-state index < -0.39 is 5.97 Å². The van der Waals surface area contributed by atoms with Crippen molar-refractivity contribution in [2.75, 3.05) is 19.8 Å². The van der Waals surface area contributed by atoms with Crippen molar-refractivity contribution in [3.8, 4) is 5.75 Å². The Bertz CT molecular complexity index is 389. The van der Waals surface area contributed by atoms with Crippen LogP contribution < -0.4 is 4.74 Å². The second-order valence-electron chi connectivity index (χ2n) is 4.14. The predicted molar refractivity (Wildman–Crippen MR) is 69.5 cm³/mol. The van der Waals surface area contributed by atoms with Crippen LogP contribution in [-0.4, -0.2) is 30.9 Å². The Morgan fingerprint density at radius 3 is 2.33 bits per heavy atom. The summed E-state index contributed by atoms with van der Waals surface area (Å²) in [5, 5.41) is 8.94. The minimum Gasteiger partial charge on any atom is -0.493 e. The monoisotopic (exact) mass is 252 g/mol. The summed E-state index contributed by atoms with van der Waals surface area (Å²) >= 11 is 0. The molecule has 4 heteroatoms. The van der Waals surface area contributed by atoms with Gasteiger partial charge < -0.3 is 14.6 Å². The number of hydrogen-bond donors (Lipinski definition) is 1. The summed E-state index contributed by atoms with van der Waals surface area (Å²) < 4.78 is 10.9. The summed E-state index contributed by atoms with van der Waals surface area (Å²) in [6.45, 7) is 7.65. The summed E-state index contributed by atoms with van der Waals surface area (Å²) in [5.41, 5.74) is 2.00. The Morgan fingerprint density at radius 2 is 1.83 bits per heavy atom. The minimum absolute atomic E-state index is 0.298. The highest BCUT2D eigenvalue weighted by molar-refractivity contribution is 5.88. The van der Waals surface area contributed by atoms with Crippen molar-refractivity contribution in [2.24, 2.45) is 0 Å². The maximum Gasteiger partial charge on any atom is 0.335 e. The van der Waals surface area contributed by atoms with Crippen molar-refractivity contribution in [2.45, 2.75) is 27.2 Å². The second kappa shape index (κ2) is 7.01. The van der Waals surface area contributed by atoms with E-state index in [1.807, 2.05) is 20.8 Å². The van der Waals surface area contributed by atoms with Crippen LogP contribution in [-0.2, 0) is 4.74 Å². The number of rotatable bonds is 7. The van der Waals surface area contributed by atoms with Gasteiger partial charge in [0.1, 0.15) is 5.75 Å². The van der Waals surface area contributed by atoms with E-state index in [9.17, 15) is 4.79 Å². The van der Waals surface area contributed by atoms with Gasteiger partial charge in [-0.15, -0.1) is 0 Å². The SMILES string of the molecule is CCOCCCOc1c(C)cc(C(=O)O)cc1C. The lowest BCUT2D eigenvalue weighted by Gasteiger charge is -2.13. The van der Waals surface area contributed by atoms with E-state index in [-0.39, 0.29) is 0 Å². The van der Waals surface area contributed by atoms with E-state index >= 15 is 0 Å². The fraction of sp³-hybridized carbons (Fsp3) is 0.500. The average Bonchev–Trinajstić information content (AvgIpc) is 2.31. The fourth-order valence-electron chi connectivity index (χ4n) is 1.78. The predicted octanol–water partition coefficient (Wildman–Crippen LogP) is 2.81. The molecule has 0 spiro atoms. The van der Waals surface area contributed by atoms with Gasteiger partial charge in [-0.1, -0.05) is 0 Å². The molecule has 0 bridgehead atoms. The van der Waals surface area contributed by atoms with Crippen LogP contribution >= 0.6 is 0 Å². The highest BCUT2D eigenvalue weighted by Crippen LogP contribution is 2.25. The topological polar surface area (TPSA) is 55.8 Å². The molecule has 4 nitrogen and oxygen atoms in total. The number of carboxylic acids is 1. The number of carboxylic acid groups (broad SMARTS) is 1. The maximum atomic E-state index is 10.9. The molecule has 1 N–H and O–H groups in total. The first-order chi connectivity index (χ1) is 8.56. The summed E-state index contributed by atoms with van der Waals surface area (Å²) in [6, 6.07) is 3.26. The van der Waals surface area contributed by atoms with Gasteiger partial charge in [-0.3, -0.25) is 0 Å². The smallest absolute Gasteiger partial charge is 0.335 e. The van der Waals surface area contributed by atoms with E-state index in [1.54, 1.807) is 12.1 Å². The van der Waals surface area contributed by atoms with Crippen LogP contribution in [0.4, 0.5) is 0 Å². The van der Waals surface area contributed by atoms with Gasteiger partial charge >= 0.3 is 5.97 Å². The van der Waals surface area contributed by atoms with Crippen molar-refractivity contribution in [3.63, 3.8) is 0 Å². The number of benzene rings is 1. The third-order valence-electron chi connectivity index (χ3n) is 2.59. The number of carbonyl (C=O) groups is 1. The van der Waals surface area contributed by atoms with Crippen LogP contribution in [0.2, 0.25) is 0 Å². The van der Waals surface area contributed by atoms with Crippen molar-refractivity contribution < 1.29 is 19.4 Å². The molecule has 100 valence electrons. The number of aryl methyl sites for hydroxylation is 2. The van der Waals surface area contributed by atoms with Crippen LogP contribution in [0.5, 0.6) is 5.75 Å². The Labute approximate surface area is 108 Å². The van der Waals surface area contributed by atoms with E-state index in [0.717, 1.165) is 23.3 Å². The number of ether oxygens (including phenoxy) is 2. The quantitative estimate of drug-likeness (QED) is 0.758. The van der Waals surface area contributed by atoms with Crippen molar-refractivity contribution in [1.29, 1.82) is 0 Å². The lowest BCUT2D eigenvalue weighted by atomic mass is 10.1. The molecule has 0 atom stereocenters. The number of aromatic carboxylic acids is 1. The average molecular weight is 252 g/mol. The lowest BCUT2D eigenvalue weighted by Crippen LogP contribution is -2.06. The van der Waals surface area contributed by atoms with Gasteiger partial charge in [-0.2, -0.15) is 0 Å². The molecule has 1 aromatic carbocycles. The molecule has 18 heavy (non-hydrogen) atoms. The van der Waals surface area contributed by atoms with Gasteiger partial charge in [-0.25, -0.2) is 4.79 Å². The summed E-state index contributed by atoms with van der Waals surface area (Å²) in [5.74, 6) is -0.138. The lowest BCUT2D eigenvalue weighted by molar-refractivity contribution is 0.0696. The van der Waals surface area contributed by atoms with Gasteiger partial charge in [0.25, 0.3) is 0 Å². The van der Waals surface area contributed by atoms with Gasteiger partial charge in [0.2, 0.25) is 0 Å². The third kappa shape index (κ3) is 4.04. The molecule has 0 heterocycles. The van der Waals surface area contributed by atoms with Gasteiger partial charge in [0, 0.05) is 19.6 Å². The molecule has 0 radical (unpaired) electrons. The first-order valence-electron chi connectivity index (χ1n) is 6.11. The van der Waals surface area contributed by atoms with E-state index in [0.29, 0.717) is 25.4 Å².